The van der Waals surface area contributed by atoms with E-state index in [1.54, 1.807) is 24.3 Å². The number of halogens is 1. The first-order chi connectivity index (χ1) is 14.9. The summed E-state index contributed by atoms with van der Waals surface area (Å²) in [6, 6.07) is 20.2. The van der Waals surface area contributed by atoms with Crippen LogP contribution >= 0.6 is 11.6 Å². The lowest BCUT2D eigenvalue weighted by Gasteiger charge is -2.13. The summed E-state index contributed by atoms with van der Waals surface area (Å²) in [5, 5.41) is 8.52. The van der Waals surface area contributed by atoms with E-state index in [1.807, 2.05) is 42.5 Å². The van der Waals surface area contributed by atoms with Gasteiger partial charge < -0.3 is 10.6 Å². The lowest BCUT2D eigenvalue weighted by Crippen LogP contribution is -2.08. The van der Waals surface area contributed by atoms with Gasteiger partial charge >= 0.3 is 0 Å². The zero-order chi connectivity index (χ0) is 21.8. The number of hydrogen-bond donors (Lipinski definition) is 3. The van der Waals surface area contributed by atoms with Gasteiger partial charge in [0.05, 0.1) is 16.2 Å². The Labute approximate surface area is 184 Å². The van der Waals surface area contributed by atoms with Crippen LogP contribution in [-0.4, -0.2) is 18.4 Å². The van der Waals surface area contributed by atoms with Crippen molar-refractivity contribution < 1.29 is 8.42 Å². The maximum Gasteiger partial charge on any atom is 0.254 e. The van der Waals surface area contributed by atoms with Crippen LogP contribution in [-0.2, 0) is 10.0 Å². The molecule has 31 heavy (non-hydrogen) atoms. The Bertz CT molecular complexity index is 1360. The van der Waals surface area contributed by atoms with Crippen molar-refractivity contribution >= 4 is 61.1 Å². The highest BCUT2D eigenvalue weighted by Gasteiger charge is 2.10. The molecule has 3 N–H and O–H groups in total. The molecule has 0 fully saturated rings. The van der Waals surface area contributed by atoms with E-state index in [1.165, 1.54) is 6.33 Å². The normalized spacial score (nSPS) is 11.1. The van der Waals surface area contributed by atoms with Crippen LogP contribution in [0.3, 0.4) is 0 Å². The number of rotatable bonds is 7. The van der Waals surface area contributed by atoms with E-state index >= 15 is 0 Å². The number of benzene rings is 3. The summed E-state index contributed by atoms with van der Waals surface area (Å²) in [6.07, 6.45) is 1.44. The smallest absolute Gasteiger partial charge is 0.254 e. The van der Waals surface area contributed by atoms with Crippen LogP contribution in [0.5, 0.6) is 0 Å². The minimum atomic E-state index is -3.62. The highest BCUT2D eigenvalue weighted by molar-refractivity contribution is 7.95. The van der Waals surface area contributed by atoms with E-state index in [0.29, 0.717) is 27.4 Å². The van der Waals surface area contributed by atoms with Gasteiger partial charge in [-0.25, -0.2) is 18.4 Å². The van der Waals surface area contributed by atoms with Gasteiger partial charge in [0.2, 0.25) is 0 Å². The molecule has 0 saturated carbocycles. The maximum atomic E-state index is 11.8. The number of aromatic nitrogens is 2. The van der Waals surface area contributed by atoms with Gasteiger partial charge in [-0.15, -0.1) is 0 Å². The summed E-state index contributed by atoms with van der Waals surface area (Å²) in [7, 11) is -3.62. The standard InChI is InChI=1S/C22H18ClN5O2S/c1-2-31(29,30)28-17-9-10-20-18(12-17)22(25-14-24-20)27-16-8-11-21(19(23)13-16)26-15-6-4-3-5-7-15/h2-14,26,28H,1H2,(H,24,25,27). The second kappa shape index (κ2) is 8.63. The molecule has 0 aliphatic carbocycles. The average Bonchev–Trinajstić information content (AvgIpc) is 2.76. The van der Waals surface area contributed by atoms with Gasteiger partial charge in [-0.2, -0.15) is 0 Å². The van der Waals surface area contributed by atoms with Crippen LogP contribution in [0.25, 0.3) is 10.9 Å². The van der Waals surface area contributed by atoms with Crippen molar-refractivity contribution in [1.82, 2.24) is 9.97 Å². The molecular formula is C22H18ClN5O2S. The average molecular weight is 452 g/mol. The molecule has 0 radical (unpaired) electrons. The van der Waals surface area contributed by atoms with Crippen molar-refractivity contribution in [3.8, 4) is 0 Å². The molecule has 4 rings (SSSR count). The highest BCUT2D eigenvalue weighted by Crippen LogP contribution is 2.31. The minimum Gasteiger partial charge on any atom is -0.354 e. The molecule has 0 saturated heterocycles. The van der Waals surface area contributed by atoms with Crippen molar-refractivity contribution in [3.63, 3.8) is 0 Å². The Balaban J connectivity index is 1.62. The molecule has 0 amide bonds. The second-order valence-electron chi connectivity index (χ2n) is 6.58. The maximum absolute atomic E-state index is 11.8. The molecule has 1 heterocycles. The fraction of sp³-hybridized carbons (Fsp3) is 0. The third kappa shape index (κ3) is 4.93. The summed E-state index contributed by atoms with van der Waals surface area (Å²) in [4.78, 5) is 8.54. The van der Waals surface area contributed by atoms with E-state index < -0.39 is 10.0 Å². The fourth-order valence-corrected chi connectivity index (χ4v) is 3.70. The molecule has 0 aliphatic heterocycles. The molecule has 0 unspecified atom stereocenters. The van der Waals surface area contributed by atoms with Crippen LogP contribution in [0.4, 0.5) is 28.6 Å². The summed E-state index contributed by atoms with van der Waals surface area (Å²) >= 11 is 6.46. The number of nitrogens with zero attached hydrogens (tertiary/aromatic N) is 2. The van der Waals surface area contributed by atoms with E-state index in [2.05, 4.69) is 31.9 Å². The monoisotopic (exact) mass is 451 g/mol. The molecular weight excluding hydrogens is 434 g/mol. The van der Waals surface area contributed by atoms with Crippen molar-refractivity contribution in [2.24, 2.45) is 0 Å². The van der Waals surface area contributed by atoms with Crippen molar-refractivity contribution in [3.05, 3.63) is 90.1 Å². The van der Waals surface area contributed by atoms with Crippen molar-refractivity contribution in [1.29, 1.82) is 0 Å². The van der Waals surface area contributed by atoms with Gasteiger partial charge in [-0.05, 0) is 48.5 Å². The van der Waals surface area contributed by atoms with Gasteiger partial charge in [0.1, 0.15) is 12.1 Å². The predicted molar refractivity (Wildman–Crippen MR) is 127 cm³/mol. The lowest BCUT2D eigenvalue weighted by atomic mass is 10.2. The van der Waals surface area contributed by atoms with E-state index in [4.69, 9.17) is 11.6 Å². The van der Waals surface area contributed by atoms with E-state index in [0.717, 1.165) is 22.5 Å². The number of nitrogens with one attached hydrogen (secondary N) is 3. The number of para-hydroxylation sites is 1. The lowest BCUT2D eigenvalue weighted by molar-refractivity contribution is 0.609. The Morgan fingerprint density at radius 3 is 2.39 bits per heavy atom. The third-order valence-corrected chi connectivity index (χ3v) is 5.67. The Kier molecular flexibility index (Phi) is 5.75. The predicted octanol–water partition coefficient (Wildman–Crippen LogP) is 5.66. The van der Waals surface area contributed by atoms with Gasteiger partial charge in [0.25, 0.3) is 10.0 Å². The second-order valence-corrected chi connectivity index (χ2v) is 8.61. The minimum absolute atomic E-state index is 0.380. The van der Waals surface area contributed by atoms with Gasteiger partial charge in [-0.1, -0.05) is 36.4 Å². The summed E-state index contributed by atoms with van der Waals surface area (Å²) in [5.41, 5.74) is 3.47. The molecule has 7 nitrogen and oxygen atoms in total. The SMILES string of the molecule is C=CS(=O)(=O)Nc1ccc2ncnc(Nc3ccc(Nc4ccccc4)c(Cl)c3)c2c1. The van der Waals surface area contributed by atoms with Gasteiger partial charge in [-0.3, -0.25) is 4.72 Å². The van der Waals surface area contributed by atoms with Crippen LogP contribution in [0.15, 0.2) is 85.0 Å². The topological polar surface area (TPSA) is 96.0 Å². The molecule has 4 aromatic rings. The Hall–Kier alpha value is -3.62. The zero-order valence-electron chi connectivity index (χ0n) is 16.2. The summed E-state index contributed by atoms with van der Waals surface area (Å²) in [5.74, 6) is 0.518. The van der Waals surface area contributed by atoms with E-state index in [-0.39, 0.29) is 0 Å². The third-order valence-electron chi connectivity index (χ3n) is 4.40. The molecule has 3 aromatic carbocycles. The molecule has 9 heteroatoms. The first-order valence-corrected chi connectivity index (χ1v) is 11.1. The zero-order valence-corrected chi connectivity index (χ0v) is 17.8. The van der Waals surface area contributed by atoms with Gasteiger partial charge in [0, 0.05) is 27.9 Å². The Morgan fingerprint density at radius 2 is 1.65 bits per heavy atom. The quantitative estimate of drug-likeness (QED) is 0.335. The van der Waals surface area contributed by atoms with Gasteiger partial charge in [0.15, 0.2) is 0 Å². The molecule has 0 atom stereocenters. The van der Waals surface area contributed by atoms with Crippen LogP contribution < -0.4 is 15.4 Å². The van der Waals surface area contributed by atoms with Crippen LogP contribution in [0.2, 0.25) is 5.02 Å². The molecule has 156 valence electrons. The molecule has 1 aromatic heterocycles. The first-order valence-electron chi connectivity index (χ1n) is 9.22. The Morgan fingerprint density at radius 1 is 0.871 bits per heavy atom. The van der Waals surface area contributed by atoms with Crippen LogP contribution in [0, 0.1) is 0 Å². The van der Waals surface area contributed by atoms with Crippen molar-refractivity contribution in [2.45, 2.75) is 0 Å². The van der Waals surface area contributed by atoms with Crippen LogP contribution in [0.1, 0.15) is 0 Å². The number of sulfonamides is 1. The number of fused-ring (bicyclic) bond motifs is 1. The highest BCUT2D eigenvalue weighted by atomic mass is 35.5. The first kappa shape index (κ1) is 20.6. The number of anilines is 5. The fourth-order valence-electron chi connectivity index (χ4n) is 2.93. The molecule has 0 aliphatic rings. The largest absolute Gasteiger partial charge is 0.354 e. The summed E-state index contributed by atoms with van der Waals surface area (Å²) in [6.45, 7) is 3.30. The number of hydrogen-bond acceptors (Lipinski definition) is 6. The molecule has 0 bridgehead atoms. The van der Waals surface area contributed by atoms with E-state index in [9.17, 15) is 8.42 Å². The van der Waals surface area contributed by atoms with Crippen molar-refractivity contribution in [2.75, 3.05) is 15.4 Å². The summed E-state index contributed by atoms with van der Waals surface area (Å²) < 4.78 is 26.0. The molecule has 0 spiro atoms.